The topological polar surface area (TPSA) is 74.4 Å². The maximum atomic E-state index is 12.2. The molecule has 1 aromatic carbocycles. The Balaban J connectivity index is 2.20. The summed E-state index contributed by atoms with van der Waals surface area (Å²) in [6.07, 6.45) is 1.22. The fourth-order valence-corrected chi connectivity index (χ4v) is 3.38. The predicted octanol–water partition coefficient (Wildman–Crippen LogP) is 3.01. The molecule has 0 spiro atoms. The number of hydrogen-bond donors (Lipinski definition) is 3. The number of aromatic amines is 1. The SMILES string of the molecule is C[C@H]1C(=O)NCCc2[nH]c3c(Cl)c(Cl)cc(OCCCO)c3c21. The van der Waals surface area contributed by atoms with Crippen molar-refractivity contribution in [2.75, 3.05) is 19.8 Å². The van der Waals surface area contributed by atoms with E-state index in [1.54, 1.807) is 6.07 Å². The largest absolute Gasteiger partial charge is 0.493 e. The van der Waals surface area contributed by atoms with Crippen LogP contribution in [0.5, 0.6) is 5.75 Å². The summed E-state index contributed by atoms with van der Waals surface area (Å²) < 4.78 is 5.79. The molecule has 0 aliphatic carbocycles. The summed E-state index contributed by atoms with van der Waals surface area (Å²) in [4.78, 5) is 15.5. The summed E-state index contributed by atoms with van der Waals surface area (Å²) in [5.41, 5.74) is 2.58. The highest BCUT2D eigenvalue weighted by Crippen LogP contribution is 2.43. The standard InChI is InChI=1S/C16H18Cl2N2O3/c1-8-12-10(3-4-19-16(8)22)20-15-13(12)11(23-6-2-5-21)7-9(17)14(15)18/h7-8,20-21H,2-6H2,1H3,(H,19,22)/t8-/m1/s1. The molecule has 1 aromatic heterocycles. The Bertz CT molecular complexity index is 758. The van der Waals surface area contributed by atoms with Crippen molar-refractivity contribution in [3.05, 3.63) is 27.4 Å². The van der Waals surface area contributed by atoms with Crippen molar-refractivity contribution in [3.8, 4) is 5.75 Å². The van der Waals surface area contributed by atoms with Crippen molar-refractivity contribution in [3.63, 3.8) is 0 Å². The summed E-state index contributed by atoms with van der Waals surface area (Å²) in [5.74, 6) is 0.262. The number of nitrogens with one attached hydrogen (secondary N) is 2. The van der Waals surface area contributed by atoms with Gasteiger partial charge in [0.2, 0.25) is 5.91 Å². The molecule has 2 aromatic rings. The third kappa shape index (κ3) is 2.89. The molecule has 3 rings (SSSR count). The fourth-order valence-electron chi connectivity index (χ4n) is 2.99. The van der Waals surface area contributed by atoms with Crippen LogP contribution >= 0.6 is 23.2 Å². The van der Waals surface area contributed by atoms with Crippen LogP contribution in [-0.4, -0.2) is 35.8 Å². The Kier molecular flexibility index (Phi) is 4.71. The van der Waals surface area contributed by atoms with E-state index in [2.05, 4.69) is 10.3 Å². The second kappa shape index (κ2) is 6.59. The average Bonchev–Trinajstić information content (AvgIpc) is 2.85. The number of fused-ring (bicyclic) bond motifs is 3. The van der Waals surface area contributed by atoms with E-state index < -0.39 is 0 Å². The van der Waals surface area contributed by atoms with E-state index in [0.29, 0.717) is 47.3 Å². The number of amides is 1. The van der Waals surface area contributed by atoms with Crippen molar-refractivity contribution in [1.82, 2.24) is 10.3 Å². The molecule has 0 fully saturated rings. The van der Waals surface area contributed by atoms with Gasteiger partial charge in [0.15, 0.2) is 0 Å². The van der Waals surface area contributed by atoms with Crippen LogP contribution in [0.2, 0.25) is 10.0 Å². The number of halogens is 2. The summed E-state index contributed by atoms with van der Waals surface area (Å²) in [6.45, 7) is 2.86. The molecular formula is C16H18Cl2N2O3. The second-order valence-corrected chi connectivity index (χ2v) is 6.41. The minimum Gasteiger partial charge on any atom is -0.493 e. The highest BCUT2D eigenvalue weighted by molar-refractivity contribution is 6.45. The number of ether oxygens (including phenoxy) is 1. The van der Waals surface area contributed by atoms with E-state index in [1.165, 1.54) is 0 Å². The molecule has 7 heteroatoms. The predicted molar refractivity (Wildman–Crippen MR) is 90.6 cm³/mol. The van der Waals surface area contributed by atoms with Crippen molar-refractivity contribution < 1.29 is 14.6 Å². The zero-order chi connectivity index (χ0) is 16.6. The van der Waals surface area contributed by atoms with Crippen LogP contribution in [0, 0.1) is 0 Å². The molecule has 23 heavy (non-hydrogen) atoms. The Morgan fingerprint density at radius 1 is 1.43 bits per heavy atom. The zero-order valence-corrected chi connectivity index (χ0v) is 14.2. The minimum atomic E-state index is -0.307. The molecule has 0 radical (unpaired) electrons. The van der Waals surface area contributed by atoms with Gasteiger partial charge in [0.05, 0.1) is 28.1 Å². The second-order valence-electron chi connectivity index (χ2n) is 5.63. The van der Waals surface area contributed by atoms with Gasteiger partial charge in [0, 0.05) is 43.1 Å². The average molecular weight is 357 g/mol. The zero-order valence-electron chi connectivity index (χ0n) is 12.7. The number of aliphatic hydroxyl groups is 1. The molecule has 2 heterocycles. The number of hydrogen-bond acceptors (Lipinski definition) is 3. The first kappa shape index (κ1) is 16.4. The molecule has 1 atom stereocenters. The van der Waals surface area contributed by atoms with Crippen LogP contribution in [0.4, 0.5) is 0 Å². The molecule has 124 valence electrons. The molecule has 5 nitrogen and oxygen atoms in total. The smallest absolute Gasteiger partial charge is 0.227 e. The quantitative estimate of drug-likeness (QED) is 0.737. The molecular weight excluding hydrogens is 339 g/mol. The number of carbonyl (C=O) groups is 1. The fraction of sp³-hybridized carbons (Fsp3) is 0.438. The van der Waals surface area contributed by atoms with Crippen molar-refractivity contribution in [2.24, 2.45) is 0 Å². The summed E-state index contributed by atoms with van der Waals surface area (Å²) >= 11 is 12.6. The van der Waals surface area contributed by atoms with Crippen LogP contribution in [0.15, 0.2) is 6.07 Å². The molecule has 1 aliphatic heterocycles. The van der Waals surface area contributed by atoms with Gasteiger partial charge in [-0.1, -0.05) is 23.2 Å². The number of benzene rings is 1. The monoisotopic (exact) mass is 356 g/mol. The number of rotatable bonds is 4. The molecule has 0 saturated carbocycles. The normalized spacial score (nSPS) is 17.7. The Labute approximate surface area is 143 Å². The maximum Gasteiger partial charge on any atom is 0.227 e. The van der Waals surface area contributed by atoms with Crippen LogP contribution in [-0.2, 0) is 11.2 Å². The number of H-pyrrole nitrogens is 1. The highest BCUT2D eigenvalue weighted by atomic mass is 35.5. The lowest BCUT2D eigenvalue weighted by Gasteiger charge is -2.13. The van der Waals surface area contributed by atoms with Crippen molar-refractivity contribution in [1.29, 1.82) is 0 Å². The van der Waals surface area contributed by atoms with E-state index >= 15 is 0 Å². The van der Waals surface area contributed by atoms with Gasteiger partial charge >= 0.3 is 0 Å². The number of aromatic nitrogens is 1. The van der Waals surface area contributed by atoms with Gasteiger partial charge in [-0.25, -0.2) is 0 Å². The van der Waals surface area contributed by atoms with Gasteiger partial charge in [-0.05, 0) is 12.5 Å². The first-order valence-electron chi connectivity index (χ1n) is 7.58. The van der Waals surface area contributed by atoms with Crippen LogP contribution in [0.25, 0.3) is 10.9 Å². The van der Waals surface area contributed by atoms with Gasteiger partial charge in [-0.2, -0.15) is 0 Å². The first-order valence-corrected chi connectivity index (χ1v) is 8.34. The van der Waals surface area contributed by atoms with Gasteiger partial charge in [0.1, 0.15) is 5.75 Å². The molecule has 0 bridgehead atoms. The van der Waals surface area contributed by atoms with E-state index in [0.717, 1.165) is 16.6 Å². The van der Waals surface area contributed by atoms with Crippen LogP contribution in [0.1, 0.15) is 30.5 Å². The number of carbonyl (C=O) groups excluding carboxylic acids is 1. The number of aliphatic hydroxyl groups excluding tert-OH is 1. The summed E-state index contributed by atoms with van der Waals surface area (Å²) in [6, 6.07) is 1.67. The molecule has 1 aliphatic rings. The van der Waals surface area contributed by atoms with Crippen molar-refractivity contribution in [2.45, 2.75) is 25.7 Å². The van der Waals surface area contributed by atoms with Gasteiger partial charge in [0.25, 0.3) is 0 Å². The highest BCUT2D eigenvalue weighted by Gasteiger charge is 2.29. The van der Waals surface area contributed by atoms with E-state index in [4.69, 9.17) is 33.0 Å². The van der Waals surface area contributed by atoms with E-state index in [9.17, 15) is 4.79 Å². The Morgan fingerprint density at radius 2 is 2.22 bits per heavy atom. The van der Waals surface area contributed by atoms with E-state index in [1.807, 2.05) is 6.92 Å². The van der Waals surface area contributed by atoms with Gasteiger partial charge < -0.3 is 20.1 Å². The maximum absolute atomic E-state index is 12.2. The lowest BCUT2D eigenvalue weighted by Crippen LogP contribution is -2.26. The molecule has 0 unspecified atom stereocenters. The van der Waals surface area contributed by atoms with E-state index in [-0.39, 0.29) is 18.4 Å². The summed E-state index contributed by atoms with van der Waals surface area (Å²) in [5, 5.41) is 13.5. The van der Waals surface area contributed by atoms with Gasteiger partial charge in [-0.3, -0.25) is 4.79 Å². The Hall–Kier alpha value is -1.43. The summed E-state index contributed by atoms with van der Waals surface area (Å²) in [7, 11) is 0. The third-order valence-corrected chi connectivity index (χ3v) is 4.90. The minimum absolute atomic E-state index is 0.0166. The first-order chi connectivity index (χ1) is 11.0. The van der Waals surface area contributed by atoms with Gasteiger partial charge in [-0.15, -0.1) is 0 Å². The van der Waals surface area contributed by atoms with Crippen LogP contribution < -0.4 is 10.1 Å². The molecule has 1 amide bonds. The molecule has 0 saturated heterocycles. The lowest BCUT2D eigenvalue weighted by atomic mass is 9.96. The van der Waals surface area contributed by atoms with Crippen LogP contribution in [0.3, 0.4) is 0 Å². The van der Waals surface area contributed by atoms with Crippen molar-refractivity contribution >= 4 is 40.0 Å². The third-order valence-electron chi connectivity index (χ3n) is 4.11. The Morgan fingerprint density at radius 3 is 2.96 bits per heavy atom. The lowest BCUT2D eigenvalue weighted by molar-refractivity contribution is -0.121. The molecule has 3 N–H and O–H groups in total.